The molecular formula is C22H27F4N5O. The summed E-state index contributed by atoms with van der Waals surface area (Å²) in [6, 6.07) is 2.85. The second kappa shape index (κ2) is 9.17. The summed E-state index contributed by atoms with van der Waals surface area (Å²) in [5.74, 6) is -2.41. The molecule has 2 fully saturated rings. The van der Waals surface area contributed by atoms with Gasteiger partial charge in [-0.3, -0.25) is 14.8 Å². The fourth-order valence-corrected chi connectivity index (χ4v) is 4.71. The maximum absolute atomic E-state index is 14.1. The van der Waals surface area contributed by atoms with Gasteiger partial charge in [0.2, 0.25) is 5.91 Å². The minimum atomic E-state index is -4.40. The smallest absolute Gasteiger partial charge is 0.367 e. The van der Waals surface area contributed by atoms with Gasteiger partial charge >= 0.3 is 6.18 Å². The number of aromatic nitrogens is 2. The second-order valence-corrected chi connectivity index (χ2v) is 8.75. The maximum Gasteiger partial charge on any atom is 0.393 e. The molecule has 1 amide bonds. The zero-order valence-corrected chi connectivity index (χ0v) is 17.8. The van der Waals surface area contributed by atoms with Crippen LogP contribution in [0.3, 0.4) is 0 Å². The third kappa shape index (κ3) is 4.95. The van der Waals surface area contributed by atoms with Gasteiger partial charge in [-0.25, -0.2) is 4.39 Å². The lowest BCUT2D eigenvalue weighted by Crippen LogP contribution is -2.54. The Balaban J connectivity index is 1.54. The van der Waals surface area contributed by atoms with Crippen LogP contribution in [0.5, 0.6) is 0 Å². The first kappa shape index (κ1) is 22.7. The summed E-state index contributed by atoms with van der Waals surface area (Å²) >= 11 is 0. The highest BCUT2D eigenvalue weighted by Gasteiger charge is 2.45. The SMILES string of the molecule is Cc1ncc(N2C[C@H](NC(=O)CC3CCNCC3F)C[C@H](C(F)(F)F)C2)c2cccnc12. The molecule has 0 bridgehead atoms. The van der Waals surface area contributed by atoms with Gasteiger partial charge in [-0.15, -0.1) is 0 Å². The van der Waals surface area contributed by atoms with Crippen LogP contribution in [0.4, 0.5) is 23.2 Å². The van der Waals surface area contributed by atoms with Gasteiger partial charge in [0.25, 0.3) is 0 Å². The van der Waals surface area contributed by atoms with E-state index in [-0.39, 0.29) is 32.5 Å². The molecule has 2 unspecified atom stereocenters. The first-order valence-corrected chi connectivity index (χ1v) is 10.9. The molecule has 0 saturated carbocycles. The first-order valence-electron chi connectivity index (χ1n) is 10.9. The molecule has 32 heavy (non-hydrogen) atoms. The highest BCUT2D eigenvalue weighted by molar-refractivity contribution is 5.92. The Morgan fingerprint density at radius 2 is 2.12 bits per heavy atom. The number of anilines is 1. The fraction of sp³-hybridized carbons (Fsp3) is 0.591. The van der Waals surface area contributed by atoms with Crippen LogP contribution in [-0.2, 0) is 4.79 Å². The van der Waals surface area contributed by atoms with Crippen molar-refractivity contribution in [1.82, 2.24) is 20.6 Å². The average Bonchev–Trinajstić information content (AvgIpc) is 2.75. The van der Waals surface area contributed by atoms with E-state index in [4.69, 9.17) is 0 Å². The van der Waals surface area contributed by atoms with Gasteiger partial charge in [-0.2, -0.15) is 13.2 Å². The third-order valence-electron chi connectivity index (χ3n) is 6.42. The number of carbonyl (C=O) groups excluding carboxylic acids is 1. The summed E-state index contributed by atoms with van der Waals surface area (Å²) in [6.45, 7) is 2.64. The predicted octanol–water partition coefficient (Wildman–Crippen LogP) is 3.15. The van der Waals surface area contributed by atoms with Crippen LogP contribution in [0.15, 0.2) is 24.5 Å². The summed E-state index contributed by atoms with van der Waals surface area (Å²) in [4.78, 5) is 22.8. The lowest BCUT2D eigenvalue weighted by molar-refractivity contribution is -0.178. The fourth-order valence-electron chi connectivity index (χ4n) is 4.71. The molecule has 2 aromatic rings. The monoisotopic (exact) mass is 453 g/mol. The number of rotatable bonds is 4. The van der Waals surface area contributed by atoms with E-state index in [0.717, 1.165) is 5.39 Å². The van der Waals surface area contributed by atoms with Crippen molar-refractivity contribution in [2.45, 2.75) is 44.6 Å². The number of piperidine rings is 2. The number of amides is 1. The van der Waals surface area contributed by atoms with E-state index in [1.54, 1.807) is 30.3 Å². The zero-order valence-electron chi connectivity index (χ0n) is 17.8. The van der Waals surface area contributed by atoms with E-state index in [1.165, 1.54) is 0 Å². The number of fused-ring (bicyclic) bond motifs is 1. The van der Waals surface area contributed by atoms with E-state index in [2.05, 4.69) is 20.6 Å². The molecule has 2 saturated heterocycles. The highest BCUT2D eigenvalue weighted by atomic mass is 19.4. The molecule has 174 valence electrons. The Morgan fingerprint density at radius 3 is 2.88 bits per heavy atom. The maximum atomic E-state index is 14.1. The van der Waals surface area contributed by atoms with Crippen LogP contribution in [0.1, 0.15) is 25.0 Å². The Morgan fingerprint density at radius 1 is 1.31 bits per heavy atom. The van der Waals surface area contributed by atoms with Crippen LogP contribution in [-0.4, -0.2) is 60.4 Å². The summed E-state index contributed by atoms with van der Waals surface area (Å²) in [6.07, 6.45) is -2.02. The van der Waals surface area contributed by atoms with Crippen LogP contribution in [0.25, 0.3) is 10.9 Å². The van der Waals surface area contributed by atoms with Crippen LogP contribution in [0.2, 0.25) is 0 Å². The van der Waals surface area contributed by atoms with Crippen LogP contribution in [0, 0.1) is 18.8 Å². The number of hydrogen-bond donors (Lipinski definition) is 2. The number of nitrogens with zero attached hydrogens (tertiary/aromatic N) is 3. The van der Waals surface area contributed by atoms with Crippen molar-refractivity contribution in [3.05, 3.63) is 30.2 Å². The lowest BCUT2D eigenvalue weighted by Gasteiger charge is -2.40. The lowest BCUT2D eigenvalue weighted by atomic mass is 9.90. The molecule has 2 N–H and O–H groups in total. The van der Waals surface area contributed by atoms with E-state index in [9.17, 15) is 22.4 Å². The second-order valence-electron chi connectivity index (χ2n) is 8.75. The van der Waals surface area contributed by atoms with Gasteiger partial charge < -0.3 is 15.5 Å². The van der Waals surface area contributed by atoms with Gasteiger partial charge in [0.1, 0.15) is 6.17 Å². The molecule has 0 aromatic carbocycles. The molecule has 2 aliphatic heterocycles. The molecule has 2 aliphatic rings. The van der Waals surface area contributed by atoms with E-state index >= 15 is 0 Å². The van der Waals surface area contributed by atoms with Gasteiger partial charge in [-0.05, 0) is 38.4 Å². The minimum absolute atomic E-state index is 0.0189. The minimum Gasteiger partial charge on any atom is -0.367 e. The molecule has 4 atom stereocenters. The van der Waals surface area contributed by atoms with Crippen molar-refractivity contribution >= 4 is 22.5 Å². The van der Waals surface area contributed by atoms with Crippen molar-refractivity contribution in [2.75, 3.05) is 31.1 Å². The standard InChI is InChI=1S/C22H27F4N5O/c1-13-21-17(3-2-5-28-21)19(10-29-13)31-11-15(22(24,25)26)8-16(12-31)30-20(32)7-14-4-6-27-9-18(14)23/h2-3,5,10,14-16,18,27H,4,6-9,11-12H2,1H3,(H,30,32)/t14?,15-,16+,18?/m0/s1. The number of nitrogens with one attached hydrogen (secondary N) is 2. The number of hydrogen-bond acceptors (Lipinski definition) is 5. The molecule has 4 heterocycles. The third-order valence-corrected chi connectivity index (χ3v) is 6.42. The molecule has 2 aromatic heterocycles. The average molecular weight is 453 g/mol. The van der Waals surface area contributed by atoms with Crippen LogP contribution < -0.4 is 15.5 Å². The van der Waals surface area contributed by atoms with Gasteiger partial charge in [0.05, 0.1) is 29.0 Å². The Hall–Kier alpha value is -2.49. The topological polar surface area (TPSA) is 70.2 Å². The van der Waals surface area contributed by atoms with Gasteiger partial charge in [-0.1, -0.05) is 0 Å². The van der Waals surface area contributed by atoms with Crippen LogP contribution >= 0.6 is 0 Å². The highest BCUT2D eigenvalue weighted by Crippen LogP contribution is 2.37. The number of alkyl halides is 4. The van der Waals surface area contributed by atoms with Gasteiger partial charge in [0.15, 0.2) is 0 Å². The van der Waals surface area contributed by atoms with E-state index in [1.807, 2.05) is 6.07 Å². The number of halogens is 4. The Labute approximate surface area is 183 Å². The summed E-state index contributed by atoms with van der Waals surface area (Å²) in [5.41, 5.74) is 1.90. The van der Waals surface area contributed by atoms with Crippen molar-refractivity contribution in [2.24, 2.45) is 11.8 Å². The van der Waals surface area contributed by atoms with E-state index in [0.29, 0.717) is 29.9 Å². The Bertz CT molecular complexity index is 969. The number of pyridine rings is 2. The number of carbonyl (C=O) groups is 1. The normalized spacial score (nSPS) is 26.8. The molecule has 6 nitrogen and oxygen atoms in total. The summed E-state index contributed by atoms with van der Waals surface area (Å²) in [5, 5.41) is 6.40. The molecule has 0 aliphatic carbocycles. The molecule has 0 spiro atoms. The van der Waals surface area contributed by atoms with Crippen molar-refractivity contribution < 1.29 is 22.4 Å². The van der Waals surface area contributed by atoms with Crippen molar-refractivity contribution in [1.29, 1.82) is 0 Å². The van der Waals surface area contributed by atoms with E-state index < -0.39 is 36.1 Å². The number of aryl methyl sites for hydroxylation is 1. The van der Waals surface area contributed by atoms with Crippen molar-refractivity contribution in [3.8, 4) is 0 Å². The quantitative estimate of drug-likeness (QED) is 0.697. The largest absolute Gasteiger partial charge is 0.393 e. The van der Waals surface area contributed by atoms with Gasteiger partial charge in [0, 0.05) is 49.6 Å². The summed E-state index contributed by atoms with van der Waals surface area (Å²) in [7, 11) is 0. The zero-order chi connectivity index (χ0) is 22.9. The van der Waals surface area contributed by atoms with Crippen molar-refractivity contribution in [3.63, 3.8) is 0 Å². The molecule has 0 radical (unpaired) electrons. The Kier molecular flexibility index (Phi) is 6.50. The molecule has 4 rings (SSSR count). The summed E-state index contributed by atoms with van der Waals surface area (Å²) < 4.78 is 55.2. The molecular weight excluding hydrogens is 426 g/mol. The molecule has 10 heteroatoms. The predicted molar refractivity (Wildman–Crippen MR) is 113 cm³/mol. The first-order chi connectivity index (χ1) is 15.2.